The summed E-state index contributed by atoms with van der Waals surface area (Å²) in [7, 11) is 0. The minimum Gasteiger partial charge on any atom is -0.487 e. The lowest BCUT2D eigenvalue weighted by atomic mass is 9.88. The average molecular weight is 413 g/mol. The van der Waals surface area contributed by atoms with Crippen LogP contribution in [-0.4, -0.2) is 29.5 Å². The summed E-state index contributed by atoms with van der Waals surface area (Å²) in [5.41, 5.74) is 1.90. The zero-order chi connectivity index (χ0) is 20.4. The van der Waals surface area contributed by atoms with Crippen molar-refractivity contribution in [3.8, 4) is 5.75 Å². The fourth-order valence-electron chi connectivity index (χ4n) is 4.50. The Morgan fingerprint density at radius 3 is 2.79 bits per heavy atom. The summed E-state index contributed by atoms with van der Waals surface area (Å²) in [5, 5.41) is 4.12. The summed E-state index contributed by atoms with van der Waals surface area (Å²) < 4.78 is 6.10. The Kier molecular flexibility index (Phi) is 5.84. The Labute approximate surface area is 178 Å². The van der Waals surface area contributed by atoms with Gasteiger partial charge in [0, 0.05) is 30.1 Å². The average Bonchev–Trinajstić information content (AvgIpc) is 2.69. The van der Waals surface area contributed by atoms with E-state index in [0.29, 0.717) is 0 Å². The molecule has 0 aromatic heterocycles. The van der Waals surface area contributed by atoms with Gasteiger partial charge < -0.3 is 10.1 Å². The molecular weight excluding hydrogens is 384 g/mol. The van der Waals surface area contributed by atoms with Gasteiger partial charge in [0.25, 0.3) is 0 Å². The van der Waals surface area contributed by atoms with Crippen LogP contribution in [0.25, 0.3) is 0 Å². The maximum absolute atomic E-state index is 13.1. The number of amides is 1. The molecule has 29 heavy (non-hydrogen) atoms. The second-order valence-electron chi connectivity index (χ2n) is 8.83. The van der Waals surface area contributed by atoms with Crippen molar-refractivity contribution in [2.45, 2.75) is 51.3 Å². The molecular formula is C24H29ClN2O2. The molecule has 2 heterocycles. The number of halogens is 1. The van der Waals surface area contributed by atoms with Gasteiger partial charge in [-0.15, -0.1) is 0 Å². The van der Waals surface area contributed by atoms with E-state index in [9.17, 15) is 4.79 Å². The molecule has 0 saturated carbocycles. The van der Waals surface area contributed by atoms with Crippen molar-refractivity contribution in [3.63, 3.8) is 0 Å². The van der Waals surface area contributed by atoms with E-state index in [1.165, 1.54) is 0 Å². The second kappa shape index (κ2) is 8.37. The highest BCUT2D eigenvalue weighted by Crippen LogP contribution is 2.39. The summed E-state index contributed by atoms with van der Waals surface area (Å²) >= 11 is 6.33. The van der Waals surface area contributed by atoms with E-state index in [2.05, 4.69) is 36.2 Å². The Balaban J connectivity index is 1.42. The summed E-state index contributed by atoms with van der Waals surface area (Å²) in [6.45, 7) is 6.71. The van der Waals surface area contributed by atoms with E-state index < -0.39 is 0 Å². The van der Waals surface area contributed by atoms with Gasteiger partial charge in [0.05, 0.1) is 12.0 Å². The number of piperidine rings is 1. The first-order valence-corrected chi connectivity index (χ1v) is 10.8. The molecule has 1 saturated heterocycles. The van der Waals surface area contributed by atoms with Crippen molar-refractivity contribution in [1.29, 1.82) is 0 Å². The van der Waals surface area contributed by atoms with E-state index in [4.69, 9.17) is 16.3 Å². The van der Waals surface area contributed by atoms with Crippen LogP contribution in [0.4, 0.5) is 0 Å². The monoisotopic (exact) mass is 412 g/mol. The molecule has 154 valence electrons. The summed E-state index contributed by atoms with van der Waals surface area (Å²) in [6.07, 6.45) is 2.73. The summed E-state index contributed by atoms with van der Waals surface area (Å²) in [6, 6.07) is 16.0. The van der Waals surface area contributed by atoms with Crippen LogP contribution in [0.2, 0.25) is 5.02 Å². The first kappa shape index (κ1) is 20.2. The summed E-state index contributed by atoms with van der Waals surface area (Å²) in [4.78, 5) is 15.5. The number of carbonyl (C=O) groups is 1. The van der Waals surface area contributed by atoms with Crippen molar-refractivity contribution < 1.29 is 9.53 Å². The highest BCUT2D eigenvalue weighted by atomic mass is 35.5. The molecule has 2 aromatic rings. The smallest absolute Gasteiger partial charge is 0.224 e. The van der Waals surface area contributed by atoms with Gasteiger partial charge >= 0.3 is 0 Å². The zero-order valence-electron chi connectivity index (χ0n) is 17.2. The molecule has 0 aliphatic carbocycles. The van der Waals surface area contributed by atoms with Crippen LogP contribution in [-0.2, 0) is 11.3 Å². The van der Waals surface area contributed by atoms with Gasteiger partial charge in [-0.2, -0.15) is 0 Å². The Morgan fingerprint density at radius 2 is 1.97 bits per heavy atom. The molecule has 2 atom stereocenters. The molecule has 5 heteroatoms. The van der Waals surface area contributed by atoms with Gasteiger partial charge in [-0.1, -0.05) is 48.0 Å². The number of ether oxygens (including phenoxy) is 1. The molecule has 4 nitrogen and oxygen atoms in total. The quantitative estimate of drug-likeness (QED) is 0.770. The van der Waals surface area contributed by atoms with Crippen LogP contribution >= 0.6 is 11.6 Å². The number of likely N-dealkylation sites (tertiary alicyclic amines) is 1. The number of benzene rings is 2. The lowest BCUT2D eigenvalue weighted by Gasteiger charge is -2.39. The molecule has 2 aliphatic rings. The largest absolute Gasteiger partial charge is 0.487 e. The predicted octanol–water partition coefficient (Wildman–Crippen LogP) is 4.97. The Morgan fingerprint density at radius 1 is 1.21 bits per heavy atom. The second-order valence-corrected chi connectivity index (χ2v) is 9.24. The number of hydrogen-bond acceptors (Lipinski definition) is 3. The lowest BCUT2D eigenvalue weighted by molar-refractivity contribution is -0.128. The highest BCUT2D eigenvalue weighted by molar-refractivity contribution is 6.31. The third-order valence-corrected chi connectivity index (χ3v) is 6.29. The molecule has 0 radical (unpaired) electrons. The van der Waals surface area contributed by atoms with Gasteiger partial charge in [0.1, 0.15) is 11.4 Å². The number of nitrogens with one attached hydrogen (secondary N) is 1. The van der Waals surface area contributed by atoms with Crippen molar-refractivity contribution in [2.75, 3.05) is 13.1 Å². The van der Waals surface area contributed by atoms with E-state index >= 15 is 0 Å². The van der Waals surface area contributed by atoms with Gasteiger partial charge in [-0.3, -0.25) is 9.69 Å². The van der Waals surface area contributed by atoms with E-state index in [1.807, 2.05) is 36.4 Å². The van der Waals surface area contributed by atoms with Crippen LogP contribution in [0.5, 0.6) is 5.75 Å². The van der Waals surface area contributed by atoms with E-state index in [-0.39, 0.29) is 23.5 Å². The van der Waals surface area contributed by atoms with Crippen molar-refractivity contribution in [3.05, 3.63) is 64.7 Å². The summed E-state index contributed by atoms with van der Waals surface area (Å²) in [5.74, 6) is 1.02. The molecule has 1 N–H and O–H groups in total. The molecule has 1 amide bonds. The Hall–Kier alpha value is -2.04. The van der Waals surface area contributed by atoms with Crippen LogP contribution in [0.3, 0.4) is 0 Å². The Bertz CT molecular complexity index is 883. The number of nitrogens with zero attached hydrogens (tertiary/aromatic N) is 1. The molecule has 0 spiro atoms. The molecule has 4 rings (SSSR count). The fourth-order valence-corrected chi connectivity index (χ4v) is 4.70. The third-order valence-electron chi connectivity index (χ3n) is 5.92. The lowest BCUT2D eigenvalue weighted by Crippen LogP contribution is -2.46. The maximum Gasteiger partial charge on any atom is 0.224 e. The molecule has 2 aliphatic heterocycles. The number of carbonyl (C=O) groups excluding carboxylic acids is 1. The van der Waals surface area contributed by atoms with Crippen molar-refractivity contribution in [1.82, 2.24) is 10.2 Å². The van der Waals surface area contributed by atoms with E-state index in [1.54, 1.807) is 0 Å². The van der Waals surface area contributed by atoms with Crippen LogP contribution in [0.15, 0.2) is 48.5 Å². The van der Waals surface area contributed by atoms with Crippen LogP contribution < -0.4 is 10.1 Å². The van der Waals surface area contributed by atoms with E-state index in [0.717, 1.165) is 60.8 Å². The molecule has 1 fully saturated rings. The van der Waals surface area contributed by atoms with Crippen LogP contribution in [0, 0.1) is 5.92 Å². The number of para-hydroxylation sites is 1. The standard InChI is InChI=1S/C24H29ClN2O2/c1-24(2)14-21(19-10-4-6-12-22(19)29-24)26-23(28)18-9-7-13-27(16-18)15-17-8-3-5-11-20(17)25/h3-6,8,10-12,18,21H,7,9,13-16H2,1-2H3,(H,26,28)/t18-,21+/m0/s1. The molecule has 2 aromatic carbocycles. The SMILES string of the molecule is CC1(C)C[C@@H](NC(=O)[C@H]2CCCN(Cc3ccccc3Cl)C2)c2ccccc2O1. The zero-order valence-corrected chi connectivity index (χ0v) is 17.9. The van der Waals surface area contributed by atoms with Crippen molar-refractivity contribution >= 4 is 17.5 Å². The van der Waals surface area contributed by atoms with Gasteiger partial charge in [0.15, 0.2) is 0 Å². The fraction of sp³-hybridized carbons (Fsp3) is 0.458. The highest BCUT2D eigenvalue weighted by Gasteiger charge is 2.36. The number of hydrogen-bond donors (Lipinski definition) is 1. The van der Waals surface area contributed by atoms with Gasteiger partial charge in [-0.25, -0.2) is 0 Å². The van der Waals surface area contributed by atoms with Gasteiger partial charge in [0.2, 0.25) is 5.91 Å². The molecule has 0 unspecified atom stereocenters. The third kappa shape index (κ3) is 4.76. The number of rotatable bonds is 4. The number of fused-ring (bicyclic) bond motifs is 1. The normalized spacial score (nSPS) is 23.7. The van der Waals surface area contributed by atoms with Crippen molar-refractivity contribution in [2.24, 2.45) is 5.92 Å². The van der Waals surface area contributed by atoms with Gasteiger partial charge in [-0.05, 0) is 50.9 Å². The maximum atomic E-state index is 13.1. The molecule has 0 bridgehead atoms. The topological polar surface area (TPSA) is 41.6 Å². The minimum absolute atomic E-state index is 0.00403. The first-order chi connectivity index (χ1) is 13.9. The predicted molar refractivity (Wildman–Crippen MR) is 116 cm³/mol. The first-order valence-electron chi connectivity index (χ1n) is 10.5. The minimum atomic E-state index is -0.297. The van der Waals surface area contributed by atoms with Crippen LogP contribution in [0.1, 0.15) is 50.3 Å².